The van der Waals surface area contributed by atoms with Crippen molar-refractivity contribution in [1.82, 2.24) is 10.4 Å². The predicted molar refractivity (Wildman–Crippen MR) is 95.8 cm³/mol. The van der Waals surface area contributed by atoms with E-state index in [0.717, 1.165) is 16.7 Å². The molecular weight excluding hydrogens is 298 g/mol. The number of rotatable bonds is 4. The molecule has 0 saturated carbocycles. The molecule has 4 heteroatoms. The highest BCUT2D eigenvalue weighted by atomic mass is 16.2. The molecule has 3 rings (SSSR count). The molecule has 0 spiro atoms. The van der Waals surface area contributed by atoms with Crippen LogP contribution in [0.5, 0.6) is 0 Å². The Morgan fingerprint density at radius 2 is 1.58 bits per heavy atom. The summed E-state index contributed by atoms with van der Waals surface area (Å²) in [5, 5.41) is 4.13. The smallest absolute Gasteiger partial charge is 0.267 e. The third kappa shape index (κ3) is 3.73. The lowest BCUT2D eigenvalue weighted by Crippen LogP contribution is -2.19. The number of benzene rings is 2. The number of hydrogen-bond acceptors (Lipinski definition) is 3. The van der Waals surface area contributed by atoms with Crippen LogP contribution in [-0.2, 0) is 0 Å². The number of nitrogens with one attached hydrogen (secondary N) is 1. The number of nitrogens with zero attached hydrogens (tertiary/aromatic N) is 2. The molecule has 1 N–H and O–H groups in total. The van der Waals surface area contributed by atoms with Crippen LogP contribution < -0.4 is 5.43 Å². The first-order valence-corrected chi connectivity index (χ1v) is 7.64. The second kappa shape index (κ2) is 7.33. The summed E-state index contributed by atoms with van der Waals surface area (Å²) in [4.78, 5) is 16.2. The van der Waals surface area contributed by atoms with Gasteiger partial charge in [0.15, 0.2) is 0 Å². The monoisotopic (exact) mass is 315 g/mol. The van der Waals surface area contributed by atoms with E-state index in [9.17, 15) is 4.79 Å². The zero-order valence-electron chi connectivity index (χ0n) is 13.3. The van der Waals surface area contributed by atoms with Crippen molar-refractivity contribution in [2.45, 2.75) is 6.92 Å². The molecule has 4 nitrogen and oxygen atoms in total. The van der Waals surface area contributed by atoms with E-state index in [-0.39, 0.29) is 5.91 Å². The highest BCUT2D eigenvalue weighted by Crippen LogP contribution is 2.19. The molecule has 1 heterocycles. The van der Waals surface area contributed by atoms with Crippen molar-refractivity contribution < 1.29 is 4.79 Å². The van der Waals surface area contributed by atoms with Gasteiger partial charge >= 0.3 is 0 Å². The number of aromatic nitrogens is 1. The fraction of sp³-hybridized carbons (Fsp3) is 0.0500. The Labute approximate surface area is 140 Å². The van der Waals surface area contributed by atoms with Gasteiger partial charge in [0.05, 0.1) is 5.71 Å². The van der Waals surface area contributed by atoms with Gasteiger partial charge in [-0.15, -0.1) is 0 Å². The average molecular weight is 315 g/mol. The van der Waals surface area contributed by atoms with Gasteiger partial charge in [0, 0.05) is 23.5 Å². The topological polar surface area (TPSA) is 54.4 Å². The predicted octanol–water partition coefficient (Wildman–Crippen LogP) is 3.90. The van der Waals surface area contributed by atoms with Gasteiger partial charge in [-0.3, -0.25) is 9.78 Å². The maximum Gasteiger partial charge on any atom is 0.271 e. The summed E-state index contributed by atoms with van der Waals surface area (Å²) in [7, 11) is 0. The number of amides is 1. The van der Waals surface area contributed by atoms with Gasteiger partial charge in [0.2, 0.25) is 0 Å². The molecule has 1 amide bonds. The van der Waals surface area contributed by atoms with Gasteiger partial charge in [-0.05, 0) is 36.2 Å². The van der Waals surface area contributed by atoms with Crippen LogP contribution in [0.4, 0.5) is 0 Å². The van der Waals surface area contributed by atoms with Crippen LogP contribution in [0.1, 0.15) is 22.8 Å². The fourth-order valence-corrected chi connectivity index (χ4v) is 2.29. The summed E-state index contributed by atoms with van der Waals surface area (Å²) < 4.78 is 0. The zero-order chi connectivity index (χ0) is 16.8. The van der Waals surface area contributed by atoms with Crippen molar-refractivity contribution in [3.05, 3.63) is 90.3 Å². The Morgan fingerprint density at radius 1 is 0.875 bits per heavy atom. The minimum atomic E-state index is -0.238. The Bertz CT molecular complexity index is 841. The lowest BCUT2D eigenvalue weighted by atomic mass is 10.0. The first kappa shape index (κ1) is 15.6. The summed E-state index contributed by atoms with van der Waals surface area (Å²) >= 11 is 0. The Kier molecular flexibility index (Phi) is 4.77. The van der Waals surface area contributed by atoms with E-state index in [2.05, 4.69) is 15.5 Å². The molecular formula is C20H17N3O. The van der Waals surface area contributed by atoms with Crippen molar-refractivity contribution in [3.8, 4) is 11.1 Å². The molecule has 0 aliphatic carbocycles. The van der Waals surface area contributed by atoms with Crippen LogP contribution in [0.15, 0.2) is 84.2 Å². The molecule has 1 aromatic heterocycles. The van der Waals surface area contributed by atoms with E-state index in [1.165, 1.54) is 0 Å². The zero-order valence-corrected chi connectivity index (χ0v) is 13.3. The summed E-state index contributed by atoms with van der Waals surface area (Å²) in [6.45, 7) is 1.83. The number of hydrazone groups is 1. The molecule has 0 radical (unpaired) electrons. The first-order chi connectivity index (χ1) is 11.7. The summed E-state index contributed by atoms with van der Waals surface area (Å²) in [6, 6.07) is 21.2. The lowest BCUT2D eigenvalue weighted by molar-refractivity contribution is 0.0955. The van der Waals surface area contributed by atoms with E-state index in [1.807, 2.05) is 61.5 Å². The van der Waals surface area contributed by atoms with Gasteiger partial charge in [-0.2, -0.15) is 5.10 Å². The van der Waals surface area contributed by atoms with Crippen LogP contribution in [-0.4, -0.2) is 16.6 Å². The van der Waals surface area contributed by atoms with Crippen molar-refractivity contribution in [1.29, 1.82) is 0 Å². The van der Waals surface area contributed by atoms with Crippen LogP contribution >= 0.6 is 0 Å². The standard InChI is InChI=1S/C20H17N3O/c1-15(19-8-5-13-21-14-19)22-23-20(24)18-11-9-17(10-12-18)16-6-3-2-4-7-16/h2-14H,1H3,(H,23,24)/b22-15+. The van der Waals surface area contributed by atoms with E-state index < -0.39 is 0 Å². The molecule has 0 fully saturated rings. The molecule has 24 heavy (non-hydrogen) atoms. The average Bonchev–Trinajstić information content (AvgIpc) is 2.67. The molecule has 0 aliphatic heterocycles. The second-order valence-corrected chi connectivity index (χ2v) is 5.32. The van der Waals surface area contributed by atoms with E-state index in [1.54, 1.807) is 24.5 Å². The van der Waals surface area contributed by atoms with Gasteiger partial charge in [0.25, 0.3) is 5.91 Å². The van der Waals surface area contributed by atoms with Gasteiger partial charge in [-0.1, -0.05) is 48.5 Å². The van der Waals surface area contributed by atoms with Crippen LogP contribution in [0.25, 0.3) is 11.1 Å². The number of hydrogen-bond donors (Lipinski definition) is 1. The van der Waals surface area contributed by atoms with Crippen molar-refractivity contribution in [2.75, 3.05) is 0 Å². The molecule has 0 bridgehead atoms. The summed E-state index contributed by atoms with van der Waals surface area (Å²) in [6.07, 6.45) is 3.41. The molecule has 3 aromatic rings. The summed E-state index contributed by atoms with van der Waals surface area (Å²) in [5.41, 5.74) is 6.91. The van der Waals surface area contributed by atoms with Gasteiger partial charge < -0.3 is 0 Å². The molecule has 118 valence electrons. The molecule has 0 atom stereocenters. The Morgan fingerprint density at radius 3 is 2.25 bits per heavy atom. The van der Waals surface area contributed by atoms with Crippen molar-refractivity contribution in [3.63, 3.8) is 0 Å². The number of carbonyl (C=O) groups is 1. The molecule has 0 aliphatic rings. The maximum atomic E-state index is 12.2. The van der Waals surface area contributed by atoms with Crippen molar-refractivity contribution >= 4 is 11.6 Å². The maximum absolute atomic E-state index is 12.2. The normalized spacial score (nSPS) is 11.1. The molecule has 0 unspecified atom stereocenters. The van der Waals surface area contributed by atoms with E-state index >= 15 is 0 Å². The lowest BCUT2D eigenvalue weighted by Gasteiger charge is -2.05. The van der Waals surface area contributed by atoms with E-state index in [4.69, 9.17) is 0 Å². The second-order valence-electron chi connectivity index (χ2n) is 5.32. The van der Waals surface area contributed by atoms with Gasteiger partial charge in [-0.25, -0.2) is 5.43 Å². The third-order valence-corrected chi connectivity index (χ3v) is 3.66. The van der Waals surface area contributed by atoms with Gasteiger partial charge in [0.1, 0.15) is 0 Å². The molecule has 0 saturated heterocycles. The number of carbonyl (C=O) groups excluding carboxylic acids is 1. The highest BCUT2D eigenvalue weighted by molar-refractivity contribution is 6.00. The quantitative estimate of drug-likeness (QED) is 0.586. The fourth-order valence-electron chi connectivity index (χ4n) is 2.29. The summed E-state index contributed by atoms with van der Waals surface area (Å²) in [5.74, 6) is -0.238. The SMILES string of the molecule is C/C(=N\NC(=O)c1ccc(-c2ccccc2)cc1)c1cccnc1. The highest BCUT2D eigenvalue weighted by Gasteiger charge is 2.05. The minimum absolute atomic E-state index is 0.238. The first-order valence-electron chi connectivity index (χ1n) is 7.64. The third-order valence-electron chi connectivity index (χ3n) is 3.66. The molecule has 2 aromatic carbocycles. The van der Waals surface area contributed by atoms with E-state index in [0.29, 0.717) is 11.3 Å². The van der Waals surface area contributed by atoms with Crippen LogP contribution in [0.3, 0.4) is 0 Å². The Balaban J connectivity index is 1.70. The van der Waals surface area contributed by atoms with Crippen LogP contribution in [0, 0.1) is 0 Å². The van der Waals surface area contributed by atoms with Crippen molar-refractivity contribution in [2.24, 2.45) is 5.10 Å². The number of pyridine rings is 1. The van der Waals surface area contributed by atoms with Crippen LogP contribution in [0.2, 0.25) is 0 Å². The minimum Gasteiger partial charge on any atom is -0.267 e. The Hall–Kier alpha value is -3.27. The largest absolute Gasteiger partial charge is 0.271 e.